The maximum Gasteiger partial charge on any atom is 0.329 e. The lowest BCUT2D eigenvalue weighted by Gasteiger charge is -2.30. The number of nitrogens with one attached hydrogen (secondary N) is 1. The zero-order valence-electron chi connectivity index (χ0n) is 12.0. The molecule has 0 bridgehead atoms. The Kier molecular flexibility index (Phi) is 3.39. The molecule has 1 unspecified atom stereocenters. The lowest BCUT2D eigenvalue weighted by atomic mass is 9.96. The Morgan fingerprint density at radius 3 is 2.62 bits per heavy atom. The molecule has 2 N–H and O–H groups in total. The molecule has 6 heteroatoms. The van der Waals surface area contributed by atoms with Crippen molar-refractivity contribution in [2.75, 3.05) is 0 Å². The third-order valence-corrected chi connectivity index (χ3v) is 4.36. The van der Waals surface area contributed by atoms with Gasteiger partial charge in [-0.1, -0.05) is 0 Å². The Morgan fingerprint density at radius 1 is 1.43 bits per heavy atom. The lowest BCUT2D eigenvalue weighted by Crippen LogP contribution is -2.57. The van der Waals surface area contributed by atoms with Crippen LogP contribution in [0.1, 0.15) is 38.4 Å². The van der Waals surface area contributed by atoms with Crippen molar-refractivity contribution in [3.05, 3.63) is 24.2 Å². The third-order valence-electron chi connectivity index (χ3n) is 4.36. The minimum Gasteiger partial charge on any atom is -0.480 e. The number of carboxylic acid groups (broad SMARTS) is 1. The first kappa shape index (κ1) is 14.0. The Bertz CT molecular complexity index is 534. The molecule has 0 saturated heterocycles. The lowest BCUT2D eigenvalue weighted by molar-refractivity contribution is -0.144. The fourth-order valence-corrected chi connectivity index (χ4v) is 2.61. The van der Waals surface area contributed by atoms with Crippen LogP contribution in [0.15, 0.2) is 22.8 Å². The van der Waals surface area contributed by atoms with Crippen LogP contribution in [0.25, 0.3) is 0 Å². The summed E-state index contributed by atoms with van der Waals surface area (Å²) in [6, 6.07) is 3.47. The summed E-state index contributed by atoms with van der Waals surface area (Å²) < 4.78 is 5.29. The molecule has 2 fully saturated rings. The van der Waals surface area contributed by atoms with E-state index in [1.165, 1.54) is 0 Å². The minimum atomic E-state index is -1.17. The van der Waals surface area contributed by atoms with Crippen molar-refractivity contribution in [2.24, 2.45) is 5.92 Å². The van der Waals surface area contributed by atoms with Gasteiger partial charge in [0.05, 0.1) is 12.8 Å². The van der Waals surface area contributed by atoms with Crippen molar-refractivity contribution < 1.29 is 19.1 Å². The number of hydrogen-bond donors (Lipinski definition) is 2. The molecule has 1 aromatic heterocycles. The van der Waals surface area contributed by atoms with E-state index >= 15 is 0 Å². The molecule has 2 amide bonds. The number of urea groups is 1. The molecular weight excluding hydrogens is 272 g/mol. The first-order chi connectivity index (χ1) is 10.0. The number of rotatable bonds is 6. The highest BCUT2D eigenvalue weighted by Gasteiger charge is 2.49. The SMILES string of the molecule is CC(NC(=O)N(Cc1ccco1)C1CC1)(C(=O)O)C1CC1. The quantitative estimate of drug-likeness (QED) is 0.842. The summed E-state index contributed by atoms with van der Waals surface area (Å²) >= 11 is 0. The molecule has 0 radical (unpaired) electrons. The molecule has 0 aliphatic heterocycles. The topological polar surface area (TPSA) is 82.8 Å². The number of carboxylic acids is 1. The van der Waals surface area contributed by atoms with Crippen LogP contribution in [0.4, 0.5) is 4.79 Å². The summed E-state index contributed by atoms with van der Waals surface area (Å²) in [5, 5.41) is 12.2. The Labute approximate surface area is 123 Å². The molecule has 114 valence electrons. The highest BCUT2D eigenvalue weighted by atomic mass is 16.4. The molecule has 6 nitrogen and oxygen atoms in total. The van der Waals surface area contributed by atoms with Gasteiger partial charge in [-0.3, -0.25) is 0 Å². The van der Waals surface area contributed by atoms with Gasteiger partial charge in [-0.15, -0.1) is 0 Å². The molecule has 3 rings (SSSR count). The monoisotopic (exact) mass is 292 g/mol. The fourth-order valence-electron chi connectivity index (χ4n) is 2.61. The zero-order valence-corrected chi connectivity index (χ0v) is 12.0. The molecule has 2 aliphatic carbocycles. The van der Waals surface area contributed by atoms with E-state index in [1.807, 2.05) is 6.07 Å². The second-order valence-electron chi connectivity index (χ2n) is 6.15. The summed E-state index contributed by atoms with van der Waals surface area (Å²) in [7, 11) is 0. The van der Waals surface area contributed by atoms with E-state index in [-0.39, 0.29) is 18.0 Å². The highest BCUT2D eigenvalue weighted by molar-refractivity contribution is 5.86. The van der Waals surface area contributed by atoms with E-state index in [9.17, 15) is 14.7 Å². The Hall–Kier alpha value is -1.98. The van der Waals surface area contributed by atoms with E-state index in [0.29, 0.717) is 12.3 Å². The van der Waals surface area contributed by atoms with Crippen molar-refractivity contribution in [3.8, 4) is 0 Å². The predicted octanol–water partition coefficient (Wildman–Crippen LogP) is 2.21. The van der Waals surface area contributed by atoms with Crippen LogP contribution in [0, 0.1) is 5.92 Å². The molecule has 21 heavy (non-hydrogen) atoms. The van der Waals surface area contributed by atoms with E-state index in [2.05, 4.69) is 5.32 Å². The van der Waals surface area contributed by atoms with Crippen molar-refractivity contribution in [1.29, 1.82) is 0 Å². The Balaban J connectivity index is 1.70. The minimum absolute atomic E-state index is 0.0311. The number of carbonyl (C=O) groups is 2. The molecular formula is C15H20N2O4. The first-order valence-corrected chi connectivity index (χ1v) is 7.35. The zero-order chi connectivity index (χ0) is 15.0. The number of amides is 2. The second kappa shape index (κ2) is 5.09. The summed E-state index contributed by atoms with van der Waals surface area (Å²) in [5.41, 5.74) is -1.17. The number of nitrogens with zero attached hydrogens (tertiary/aromatic N) is 1. The molecule has 1 heterocycles. The average Bonchev–Trinajstić information content (AvgIpc) is 3.34. The molecule has 1 aromatic rings. The van der Waals surface area contributed by atoms with Crippen molar-refractivity contribution in [2.45, 2.75) is 50.7 Å². The van der Waals surface area contributed by atoms with Crippen molar-refractivity contribution in [1.82, 2.24) is 10.2 Å². The van der Waals surface area contributed by atoms with Gasteiger partial charge in [0.2, 0.25) is 0 Å². The summed E-state index contributed by atoms with van der Waals surface area (Å²) in [6.45, 7) is 1.98. The van der Waals surface area contributed by atoms with Gasteiger partial charge in [-0.05, 0) is 50.7 Å². The predicted molar refractivity (Wildman–Crippen MR) is 74.6 cm³/mol. The first-order valence-electron chi connectivity index (χ1n) is 7.35. The van der Waals surface area contributed by atoms with Crippen LogP contribution >= 0.6 is 0 Å². The normalized spacial score (nSPS) is 20.6. The van der Waals surface area contributed by atoms with E-state index in [4.69, 9.17) is 4.42 Å². The highest BCUT2D eigenvalue weighted by Crippen LogP contribution is 2.40. The van der Waals surface area contributed by atoms with Crippen molar-refractivity contribution in [3.63, 3.8) is 0 Å². The maximum absolute atomic E-state index is 12.5. The number of furan rings is 1. The molecule has 2 aliphatic rings. The van der Waals surface area contributed by atoms with Gasteiger partial charge in [0.1, 0.15) is 11.3 Å². The van der Waals surface area contributed by atoms with Crippen LogP contribution in [0.2, 0.25) is 0 Å². The average molecular weight is 292 g/mol. The number of aliphatic carboxylic acids is 1. The smallest absolute Gasteiger partial charge is 0.329 e. The largest absolute Gasteiger partial charge is 0.480 e. The van der Waals surface area contributed by atoms with Crippen LogP contribution in [-0.2, 0) is 11.3 Å². The van der Waals surface area contributed by atoms with Crippen molar-refractivity contribution >= 4 is 12.0 Å². The Morgan fingerprint density at radius 2 is 2.14 bits per heavy atom. The van der Waals surface area contributed by atoms with Gasteiger partial charge in [0.25, 0.3) is 0 Å². The second-order valence-corrected chi connectivity index (χ2v) is 6.15. The van der Waals surface area contributed by atoms with Gasteiger partial charge in [-0.2, -0.15) is 0 Å². The summed E-state index contributed by atoms with van der Waals surface area (Å²) in [4.78, 5) is 25.7. The molecule has 2 saturated carbocycles. The van der Waals surface area contributed by atoms with Gasteiger partial charge < -0.3 is 19.7 Å². The number of carbonyl (C=O) groups excluding carboxylic acids is 1. The van der Waals surface area contributed by atoms with Gasteiger partial charge in [-0.25, -0.2) is 9.59 Å². The van der Waals surface area contributed by atoms with E-state index in [0.717, 1.165) is 25.7 Å². The van der Waals surface area contributed by atoms with Crippen LogP contribution in [0.5, 0.6) is 0 Å². The standard InChI is InChI=1S/C15H20N2O4/c1-15(13(18)19,10-4-5-10)16-14(20)17(11-6-7-11)9-12-3-2-8-21-12/h2-3,8,10-11H,4-7,9H2,1H3,(H,16,20)(H,18,19). The number of hydrogen-bond acceptors (Lipinski definition) is 3. The van der Waals surface area contributed by atoms with E-state index in [1.54, 1.807) is 24.2 Å². The van der Waals surface area contributed by atoms with Crippen LogP contribution in [0.3, 0.4) is 0 Å². The summed E-state index contributed by atoms with van der Waals surface area (Å²) in [5.74, 6) is -0.226. The van der Waals surface area contributed by atoms with Crippen LogP contribution in [-0.4, -0.2) is 33.6 Å². The summed E-state index contributed by atoms with van der Waals surface area (Å²) in [6.07, 6.45) is 5.20. The van der Waals surface area contributed by atoms with E-state index < -0.39 is 11.5 Å². The third kappa shape index (κ3) is 2.89. The fraction of sp³-hybridized carbons (Fsp3) is 0.600. The van der Waals surface area contributed by atoms with Crippen LogP contribution < -0.4 is 5.32 Å². The maximum atomic E-state index is 12.5. The molecule has 0 spiro atoms. The molecule has 0 aromatic carbocycles. The van der Waals surface area contributed by atoms with Gasteiger partial charge in [0.15, 0.2) is 0 Å². The van der Waals surface area contributed by atoms with Gasteiger partial charge >= 0.3 is 12.0 Å². The van der Waals surface area contributed by atoms with Gasteiger partial charge in [0, 0.05) is 6.04 Å². The molecule has 1 atom stereocenters.